The van der Waals surface area contributed by atoms with E-state index in [1.807, 2.05) is 24.3 Å². The molecule has 3 heterocycles. The molecule has 2 fully saturated rings. The zero-order chi connectivity index (χ0) is 17.9. The summed E-state index contributed by atoms with van der Waals surface area (Å²) in [5.41, 5.74) is 1.78. The van der Waals surface area contributed by atoms with Gasteiger partial charge in [0.05, 0.1) is 11.6 Å². The molecule has 0 saturated carbocycles. The highest BCUT2D eigenvalue weighted by molar-refractivity contribution is 6.02. The highest BCUT2D eigenvalue weighted by Crippen LogP contribution is 2.47. The van der Waals surface area contributed by atoms with Crippen molar-refractivity contribution < 1.29 is 13.6 Å². The molecule has 3 aliphatic rings. The minimum atomic E-state index is -0.826. The topological polar surface area (TPSA) is 44.4 Å². The summed E-state index contributed by atoms with van der Waals surface area (Å²) in [7, 11) is 0. The van der Waals surface area contributed by atoms with Crippen molar-refractivity contribution in [1.29, 1.82) is 0 Å². The molecule has 1 spiro atoms. The van der Waals surface area contributed by atoms with Crippen LogP contribution in [0.5, 0.6) is 0 Å². The first-order chi connectivity index (χ1) is 12.6. The van der Waals surface area contributed by atoms with Crippen molar-refractivity contribution >= 4 is 11.6 Å². The third-order valence-corrected chi connectivity index (χ3v) is 5.98. The van der Waals surface area contributed by atoms with E-state index in [0.717, 1.165) is 30.5 Å². The summed E-state index contributed by atoms with van der Waals surface area (Å²) in [6.45, 7) is 0.549. The van der Waals surface area contributed by atoms with E-state index in [-0.39, 0.29) is 11.9 Å². The number of carbonyl (C=O) groups excluding carboxylic acids is 1. The van der Waals surface area contributed by atoms with Crippen molar-refractivity contribution in [3.8, 4) is 0 Å². The Bertz CT molecular complexity index is 902. The van der Waals surface area contributed by atoms with Crippen molar-refractivity contribution in [2.45, 2.75) is 43.6 Å². The van der Waals surface area contributed by atoms with E-state index in [1.165, 1.54) is 12.1 Å². The van der Waals surface area contributed by atoms with Crippen molar-refractivity contribution in [1.82, 2.24) is 10.2 Å². The van der Waals surface area contributed by atoms with Crippen molar-refractivity contribution in [2.75, 3.05) is 5.32 Å². The minimum Gasteiger partial charge on any atom is -0.361 e. The number of amides is 1. The largest absolute Gasteiger partial charge is 0.361 e. The number of fused-ring (bicyclic) bond motifs is 4. The Morgan fingerprint density at radius 1 is 1.08 bits per heavy atom. The van der Waals surface area contributed by atoms with Gasteiger partial charge in [0.25, 0.3) is 5.91 Å². The monoisotopic (exact) mass is 355 g/mol. The fourth-order valence-electron chi connectivity index (χ4n) is 4.88. The van der Waals surface area contributed by atoms with Crippen LogP contribution in [-0.2, 0) is 6.54 Å². The zero-order valence-electron chi connectivity index (χ0n) is 14.1. The minimum absolute atomic E-state index is 0.0559. The molecule has 3 atom stereocenters. The quantitative estimate of drug-likeness (QED) is 0.869. The number of hydrogen-bond donors (Lipinski definition) is 2. The Balaban J connectivity index is 1.44. The number of halogens is 2. The first-order valence-corrected chi connectivity index (χ1v) is 8.95. The van der Waals surface area contributed by atoms with E-state index in [0.29, 0.717) is 18.2 Å². The van der Waals surface area contributed by atoms with Crippen LogP contribution in [0.2, 0.25) is 0 Å². The zero-order valence-corrected chi connectivity index (χ0v) is 14.1. The summed E-state index contributed by atoms with van der Waals surface area (Å²) in [5, 5.41) is 6.75. The fourth-order valence-corrected chi connectivity index (χ4v) is 4.88. The molecule has 26 heavy (non-hydrogen) atoms. The van der Waals surface area contributed by atoms with Crippen LogP contribution in [0.3, 0.4) is 0 Å². The number of hydrogen-bond acceptors (Lipinski definition) is 3. The predicted octanol–water partition coefficient (Wildman–Crippen LogP) is 3.25. The molecule has 2 bridgehead atoms. The molecule has 5 rings (SSSR count). The van der Waals surface area contributed by atoms with Gasteiger partial charge in [0.1, 0.15) is 5.66 Å². The van der Waals surface area contributed by atoms with Gasteiger partial charge in [0, 0.05) is 24.7 Å². The third-order valence-electron chi connectivity index (χ3n) is 5.98. The Morgan fingerprint density at radius 3 is 2.77 bits per heavy atom. The van der Waals surface area contributed by atoms with Crippen LogP contribution in [0.15, 0.2) is 42.5 Å². The Kier molecular flexibility index (Phi) is 3.34. The number of anilines is 1. The molecule has 4 nitrogen and oxygen atoms in total. The van der Waals surface area contributed by atoms with E-state index < -0.39 is 17.3 Å². The number of para-hydroxylation sites is 1. The molecule has 0 aromatic heterocycles. The van der Waals surface area contributed by atoms with Gasteiger partial charge in [-0.3, -0.25) is 9.69 Å². The number of rotatable bonds is 2. The van der Waals surface area contributed by atoms with Gasteiger partial charge in [0.15, 0.2) is 11.6 Å². The first-order valence-electron chi connectivity index (χ1n) is 8.95. The molecule has 3 unspecified atom stereocenters. The van der Waals surface area contributed by atoms with Crippen LogP contribution in [0.25, 0.3) is 0 Å². The average molecular weight is 355 g/mol. The summed E-state index contributed by atoms with van der Waals surface area (Å²) < 4.78 is 26.8. The Morgan fingerprint density at radius 2 is 1.92 bits per heavy atom. The molecule has 134 valence electrons. The molecule has 2 N–H and O–H groups in total. The van der Waals surface area contributed by atoms with E-state index in [9.17, 15) is 13.6 Å². The summed E-state index contributed by atoms with van der Waals surface area (Å²) >= 11 is 0. The maximum absolute atomic E-state index is 13.6. The Hall–Kier alpha value is -2.47. The number of carbonyl (C=O) groups is 1. The second-order valence-corrected chi connectivity index (χ2v) is 7.47. The molecule has 1 amide bonds. The van der Waals surface area contributed by atoms with Gasteiger partial charge >= 0.3 is 0 Å². The second-order valence-electron chi connectivity index (χ2n) is 7.47. The van der Waals surface area contributed by atoms with Crippen LogP contribution in [0.4, 0.5) is 14.5 Å². The van der Waals surface area contributed by atoms with Crippen LogP contribution in [-0.4, -0.2) is 28.6 Å². The van der Waals surface area contributed by atoms with Crippen LogP contribution in [0.1, 0.15) is 35.2 Å². The molecule has 3 aliphatic heterocycles. The number of nitrogens with one attached hydrogen (secondary N) is 2. The summed E-state index contributed by atoms with van der Waals surface area (Å²) in [6.07, 6.45) is 2.82. The standard InChI is InChI=1S/C20H19F2N3O/c21-15-7-5-12(9-16(15)22)11-25-13-6-8-18(25)20(10-13)23-17-4-2-1-3-14(17)19(26)24-20/h1-5,7,9,13,18,23H,6,8,10-11H2,(H,24,26). The lowest BCUT2D eigenvalue weighted by atomic mass is 9.86. The van der Waals surface area contributed by atoms with E-state index >= 15 is 0 Å². The average Bonchev–Trinajstić information content (AvgIpc) is 3.12. The van der Waals surface area contributed by atoms with Crippen LogP contribution in [0, 0.1) is 11.6 Å². The normalized spacial score (nSPS) is 29.5. The first kappa shape index (κ1) is 15.8. The lowest BCUT2D eigenvalue weighted by molar-refractivity contribution is 0.0870. The van der Waals surface area contributed by atoms with E-state index in [2.05, 4.69) is 15.5 Å². The maximum atomic E-state index is 13.6. The van der Waals surface area contributed by atoms with Gasteiger partial charge in [-0.2, -0.15) is 0 Å². The second kappa shape index (κ2) is 5.51. The van der Waals surface area contributed by atoms with Gasteiger partial charge in [-0.05, 0) is 42.7 Å². The van der Waals surface area contributed by atoms with Crippen molar-refractivity contribution in [2.24, 2.45) is 0 Å². The van der Waals surface area contributed by atoms with Crippen LogP contribution >= 0.6 is 0 Å². The molecule has 2 aromatic carbocycles. The van der Waals surface area contributed by atoms with E-state index in [4.69, 9.17) is 0 Å². The van der Waals surface area contributed by atoms with Crippen LogP contribution < -0.4 is 10.6 Å². The summed E-state index contributed by atoms with van der Waals surface area (Å²) in [5.74, 6) is -1.70. The maximum Gasteiger partial charge on any atom is 0.255 e. The lowest BCUT2D eigenvalue weighted by Crippen LogP contribution is -2.64. The van der Waals surface area contributed by atoms with E-state index in [1.54, 1.807) is 6.07 Å². The molecular formula is C20H19F2N3O. The molecule has 2 saturated heterocycles. The smallest absolute Gasteiger partial charge is 0.255 e. The fraction of sp³-hybridized carbons (Fsp3) is 0.350. The van der Waals surface area contributed by atoms with Gasteiger partial charge in [-0.15, -0.1) is 0 Å². The molecule has 0 radical (unpaired) electrons. The van der Waals surface area contributed by atoms with Gasteiger partial charge in [-0.1, -0.05) is 18.2 Å². The highest BCUT2D eigenvalue weighted by atomic mass is 19.2. The molecule has 0 aliphatic carbocycles. The van der Waals surface area contributed by atoms with Gasteiger partial charge in [0.2, 0.25) is 0 Å². The molecule has 2 aromatic rings. The van der Waals surface area contributed by atoms with Crippen molar-refractivity contribution in [3.05, 3.63) is 65.2 Å². The van der Waals surface area contributed by atoms with Gasteiger partial charge in [-0.25, -0.2) is 8.78 Å². The number of nitrogens with zero attached hydrogens (tertiary/aromatic N) is 1. The molecule has 6 heteroatoms. The molecular weight excluding hydrogens is 336 g/mol. The summed E-state index contributed by atoms with van der Waals surface area (Å²) in [6, 6.07) is 12.0. The summed E-state index contributed by atoms with van der Waals surface area (Å²) in [4.78, 5) is 14.9. The predicted molar refractivity (Wildman–Crippen MR) is 93.6 cm³/mol. The Labute approximate surface area is 150 Å². The van der Waals surface area contributed by atoms with Crippen molar-refractivity contribution in [3.63, 3.8) is 0 Å². The highest BCUT2D eigenvalue weighted by Gasteiger charge is 2.58. The number of benzene rings is 2. The SMILES string of the molecule is O=C1NC2(CC3CCC2N3Cc2ccc(F)c(F)c2)Nc2ccccc21. The third kappa shape index (κ3) is 2.25. The lowest BCUT2D eigenvalue weighted by Gasteiger charge is -2.43. The van der Waals surface area contributed by atoms with Gasteiger partial charge < -0.3 is 10.6 Å².